The van der Waals surface area contributed by atoms with Crippen LogP contribution in [-0.4, -0.2) is 20.6 Å². The van der Waals surface area contributed by atoms with E-state index in [1.807, 2.05) is 12.1 Å². The largest absolute Gasteiger partial charge is 0.506 e. The Kier molecular flexibility index (Phi) is 3.36. The van der Waals surface area contributed by atoms with Crippen molar-refractivity contribution in [3.8, 4) is 22.6 Å². The molecule has 3 aromatic rings. The second kappa shape index (κ2) is 5.45. The first-order valence-corrected chi connectivity index (χ1v) is 8.80. The predicted molar refractivity (Wildman–Crippen MR) is 93.5 cm³/mol. The highest BCUT2D eigenvalue weighted by atomic mass is 32.2. The number of hydrogen-bond donors (Lipinski definition) is 2. The third kappa shape index (κ3) is 2.47. The number of rotatable bonds is 3. The molecule has 0 saturated heterocycles. The first-order chi connectivity index (χ1) is 12.0. The van der Waals surface area contributed by atoms with Crippen LogP contribution in [0.3, 0.4) is 0 Å². The molecule has 25 heavy (non-hydrogen) atoms. The molecular formula is C17H14N2O5S. The maximum atomic E-state index is 11.9. The molecule has 8 heteroatoms. The maximum Gasteiger partial charge on any atom is 0.327 e. The van der Waals surface area contributed by atoms with Gasteiger partial charge < -0.3 is 14.3 Å². The monoisotopic (exact) mass is 358 g/mol. The van der Waals surface area contributed by atoms with Crippen LogP contribution in [0, 0.1) is 0 Å². The van der Waals surface area contributed by atoms with Gasteiger partial charge in [0, 0.05) is 29.4 Å². The van der Waals surface area contributed by atoms with Crippen LogP contribution in [-0.2, 0) is 10.2 Å². The third-order valence-electron chi connectivity index (χ3n) is 3.99. The molecule has 4 rings (SSSR count). The Hall–Kier alpha value is -3.13. The number of benzene rings is 2. The van der Waals surface area contributed by atoms with Crippen LogP contribution in [0.4, 0.5) is 5.69 Å². The van der Waals surface area contributed by atoms with E-state index in [9.17, 15) is 13.5 Å². The number of fused-ring (bicyclic) bond motifs is 1. The number of furan rings is 1. The maximum absolute atomic E-state index is 11.9. The Bertz CT molecular complexity index is 1100. The molecule has 0 atom stereocenters. The van der Waals surface area contributed by atoms with Gasteiger partial charge in [-0.25, -0.2) is 4.31 Å². The van der Waals surface area contributed by atoms with Gasteiger partial charge in [-0.1, -0.05) is 6.07 Å². The van der Waals surface area contributed by atoms with Crippen molar-refractivity contribution in [1.82, 2.24) is 4.72 Å². The van der Waals surface area contributed by atoms with Crippen LogP contribution in [0.1, 0.15) is 0 Å². The zero-order valence-electron chi connectivity index (χ0n) is 13.1. The minimum absolute atomic E-state index is 0.155. The molecule has 1 aromatic heterocycles. The molecule has 2 N–H and O–H groups in total. The Morgan fingerprint density at radius 1 is 1.20 bits per heavy atom. The smallest absolute Gasteiger partial charge is 0.327 e. The van der Waals surface area contributed by atoms with Gasteiger partial charge in [-0.2, -0.15) is 8.42 Å². The highest BCUT2D eigenvalue weighted by Gasteiger charge is 2.26. The van der Waals surface area contributed by atoms with Crippen molar-refractivity contribution in [2.75, 3.05) is 11.4 Å². The Morgan fingerprint density at radius 3 is 2.72 bits per heavy atom. The fraction of sp³-hybridized carbons (Fsp3) is 0.0588. The van der Waals surface area contributed by atoms with Crippen molar-refractivity contribution >= 4 is 26.9 Å². The third-order valence-corrected chi connectivity index (χ3v) is 5.26. The van der Waals surface area contributed by atoms with Gasteiger partial charge in [-0.3, -0.25) is 4.72 Å². The van der Waals surface area contributed by atoms with Crippen molar-refractivity contribution in [2.45, 2.75) is 0 Å². The van der Waals surface area contributed by atoms with Crippen molar-refractivity contribution in [1.29, 1.82) is 0 Å². The minimum atomic E-state index is -3.69. The van der Waals surface area contributed by atoms with Crippen molar-refractivity contribution in [3.63, 3.8) is 0 Å². The average molecular weight is 358 g/mol. The second-order valence-electron chi connectivity index (χ2n) is 5.45. The van der Waals surface area contributed by atoms with Crippen LogP contribution in [0.15, 0.2) is 59.5 Å². The van der Waals surface area contributed by atoms with E-state index in [4.69, 9.17) is 9.15 Å². The number of nitrogens with zero attached hydrogens (tertiary/aromatic N) is 1. The Morgan fingerprint density at radius 2 is 2.04 bits per heavy atom. The van der Waals surface area contributed by atoms with Gasteiger partial charge >= 0.3 is 10.2 Å². The number of phenols is 1. The van der Waals surface area contributed by atoms with Gasteiger partial charge in [0.05, 0.1) is 19.1 Å². The number of hydrogen-bond acceptors (Lipinski definition) is 5. The van der Waals surface area contributed by atoms with Crippen molar-refractivity contribution < 1.29 is 22.7 Å². The molecular weight excluding hydrogens is 344 g/mol. The summed E-state index contributed by atoms with van der Waals surface area (Å²) in [6, 6.07) is 10.2. The van der Waals surface area contributed by atoms with Crippen LogP contribution in [0.2, 0.25) is 0 Å². The number of nitrogens with one attached hydrogen (secondary N) is 1. The van der Waals surface area contributed by atoms with Gasteiger partial charge in [0.25, 0.3) is 0 Å². The second-order valence-corrected chi connectivity index (χ2v) is 7.03. The van der Waals surface area contributed by atoms with Crippen LogP contribution in [0.5, 0.6) is 11.5 Å². The molecule has 0 unspecified atom stereocenters. The predicted octanol–water partition coefficient (Wildman–Crippen LogP) is 2.94. The summed E-state index contributed by atoms with van der Waals surface area (Å²) in [6.45, 7) is 0. The summed E-state index contributed by atoms with van der Waals surface area (Å²) in [5.41, 5.74) is 2.32. The van der Waals surface area contributed by atoms with Crippen molar-refractivity contribution in [3.05, 3.63) is 55.1 Å². The molecule has 0 aliphatic carbocycles. The number of aromatic hydroxyl groups is 1. The van der Waals surface area contributed by atoms with E-state index in [0.717, 1.165) is 15.3 Å². The quantitative estimate of drug-likeness (QED) is 0.751. The molecule has 1 aliphatic rings. The zero-order chi connectivity index (χ0) is 17.6. The molecule has 0 saturated carbocycles. The van der Waals surface area contributed by atoms with Gasteiger partial charge in [0.15, 0.2) is 0 Å². The van der Waals surface area contributed by atoms with Crippen LogP contribution in [0.25, 0.3) is 22.1 Å². The normalized spacial score (nSPS) is 15.5. The van der Waals surface area contributed by atoms with Crippen LogP contribution < -0.4 is 13.8 Å². The molecule has 128 valence electrons. The fourth-order valence-electron chi connectivity index (χ4n) is 2.77. The standard InChI is InChI=1S/C17H14N2O5S/c1-23-12-3-4-13-14(10-24-17(13)9-12)11-2-5-15(16(20)8-11)19-7-6-18-25(19,21)22/h2-10,18,20H,1H3. The lowest BCUT2D eigenvalue weighted by Gasteiger charge is -2.16. The molecule has 0 spiro atoms. The summed E-state index contributed by atoms with van der Waals surface area (Å²) in [4.78, 5) is 0. The van der Waals surface area contributed by atoms with E-state index in [1.54, 1.807) is 31.6 Å². The first kappa shape index (κ1) is 15.4. The van der Waals surface area contributed by atoms with Gasteiger partial charge in [0.1, 0.15) is 17.1 Å². The fourth-order valence-corrected chi connectivity index (χ4v) is 3.75. The molecule has 2 heterocycles. The van der Waals surface area contributed by atoms with Gasteiger partial charge in [0.2, 0.25) is 0 Å². The zero-order valence-corrected chi connectivity index (χ0v) is 13.9. The van der Waals surface area contributed by atoms with E-state index >= 15 is 0 Å². The molecule has 0 radical (unpaired) electrons. The highest BCUT2D eigenvalue weighted by molar-refractivity contribution is 7.91. The molecule has 7 nitrogen and oxygen atoms in total. The minimum Gasteiger partial charge on any atom is -0.506 e. The summed E-state index contributed by atoms with van der Waals surface area (Å²) < 4.78 is 37.7. The SMILES string of the molecule is COc1ccc2c(-c3ccc(N4C=CNS4(=O)=O)c(O)c3)coc2c1. The van der Waals surface area contributed by atoms with E-state index in [0.29, 0.717) is 16.9 Å². The molecule has 2 aromatic carbocycles. The number of ether oxygens (including phenoxy) is 1. The van der Waals surface area contributed by atoms with Gasteiger partial charge in [-0.05, 0) is 29.8 Å². The lowest BCUT2D eigenvalue weighted by molar-refractivity contribution is 0.414. The van der Waals surface area contributed by atoms with E-state index in [2.05, 4.69) is 4.72 Å². The topological polar surface area (TPSA) is 92.0 Å². The summed E-state index contributed by atoms with van der Waals surface area (Å²) in [5.74, 6) is 0.530. The van der Waals surface area contributed by atoms with E-state index < -0.39 is 10.2 Å². The number of methoxy groups -OCH3 is 1. The first-order valence-electron chi connectivity index (χ1n) is 7.36. The molecule has 0 amide bonds. The van der Waals surface area contributed by atoms with Crippen LogP contribution >= 0.6 is 0 Å². The lowest BCUT2D eigenvalue weighted by atomic mass is 10.0. The summed E-state index contributed by atoms with van der Waals surface area (Å²) in [7, 11) is -2.11. The molecule has 0 fully saturated rings. The van der Waals surface area contributed by atoms with E-state index in [-0.39, 0.29) is 11.4 Å². The molecule has 1 aliphatic heterocycles. The van der Waals surface area contributed by atoms with Crippen molar-refractivity contribution in [2.24, 2.45) is 0 Å². The lowest BCUT2D eigenvalue weighted by Crippen LogP contribution is -2.28. The summed E-state index contributed by atoms with van der Waals surface area (Å²) >= 11 is 0. The Balaban J connectivity index is 1.78. The average Bonchev–Trinajstić information content (AvgIpc) is 3.17. The molecule has 0 bridgehead atoms. The van der Waals surface area contributed by atoms with E-state index in [1.165, 1.54) is 18.5 Å². The summed E-state index contributed by atoms with van der Waals surface area (Å²) in [6.07, 6.45) is 4.22. The summed E-state index contributed by atoms with van der Waals surface area (Å²) in [5, 5.41) is 11.2. The number of phenolic OH excluding ortho intramolecular Hbond substituents is 1. The number of anilines is 1. The van der Waals surface area contributed by atoms with Gasteiger partial charge in [-0.15, -0.1) is 0 Å². The highest BCUT2D eigenvalue weighted by Crippen LogP contribution is 2.38. The Labute approximate surface area is 143 Å².